The quantitative estimate of drug-likeness (QED) is 0.810. The van der Waals surface area contributed by atoms with Crippen LogP contribution in [0.1, 0.15) is 29.8 Å². The van der Waals surface area contributed by atoms with Crippen molar-refractivity contribution in [3.05, 3.63) is 35.4 Å². The second-order valence-electron chi connectivity index (χ2n) is 5.65. The lowest BCUT2D eigenvalue weighted by Gasteiger charge is -2.19. The lowest BCUT2D eigenvalue weighted by Crippen LogP contribution is -2.45. The molecule has 0 heterocycles. The first-order valence-electron chi connectivity index (χ1n) is 6.97. The highest BCUT2D eigenvalue weighted by atomic mass is 16.5. The molecular formula is C16H24N2O3. The third-order valence-electron chi connectivity index (χ3n) is 3.12. The number of hydrogen-bond donors (Lipinski definition) is 1. The molecule has 0 saturated carbocycles. The van der Waals surface area contributed by atoms with E-state index < -0.39 is 12.0 Å². The van der Waals surface area contributed by atoms with E-state index in [2.05, 4.69) is 10.2 Å². The molecule has 0 radical (unpaired) electrons. The first kappa shape index (κ1) is 17.2. The summed E-state index contributed by atoms with van der Waals surface area (Å²) in [6.45, 7) is 4.54. The van der Waals surface area contributed by atoms with Gasteiger partial charge in [-0.05, 0) is 37.7 Å². The molecule has 21 heavy (non-hydrogen) atoms. The molecule has 1 unspecified atom stereocenters. The van der Waals surface area contributed by atoms with Crippen molar-refractivity contribution >= 4 is 11.9 Å². The molecule has 0 aliphatic carbocycles. The highest BCUT2D eigenvalue weighted by Crippen LogP contribution is 2.09. The van der Waals surface area contributed by atoms with Gasteiger partial charge in [0.15, 0.2) is 0 Å². The van der Waals surface area contributed by atoms with Crippen LogP contribution in [0.2, 0.25) is 0 Å². The molecule has 0 aliphatic rings. The molecule has 1 rings (SSSR count). The Bertz CT molecular complexity index is 481. The number of esters is 1. The minimum atomic E-state index is -0.635. The Morgan fingerprint density at radius 1 is 1.19 bits per heavy atom. The van der Waals surface area contributed by atoms with Gasteiger partial charge in [-0.1, -0.05) is 26.0 Å². The molecule has 1 aromatic rings. The second-order valence-corrected chi connectivity index (χ2v) is 5.65. The molecule has 5 heteroatoms. The van der Waals surface area contributed by atoms with Gasteiger partial charge in [0.05, 0.1) is 7.11 Å². The van der Waals surface area contributed by atoms with Gasteiger partial charge in [0.1, 0.15) is 6.04 Å². The summed E-state index contributed by atoms with van der Waals surface area (Å²) in [5.41, 5.74) is 1.66. The van der Waals surface area contributed by atoms with E-state index in [1.807, 2.05) is 40.1 Å². The molecule has 0 fully saturated rings. The Morgan fingerprint density at radius 2 is 1.76 bits per heavy atom. The van der Waals surface area contributed by atoms with Gasteiger partial charge in [-0.15, -0.1) is 0 Å². The van der Waals surface area contributed by atoms with E-state index in [1.165, 1.54) is 7.11 Å². The van der Waals surface area contributed by atoms with Crippen LogP contribution in [0.3, 0.4) is 0 Å². The normalized spacial score (nSPS) is 12.3. The Hall–Kier alpha value is -1.88. The number of rotatable bonds is 6. The van der Waals surface area contributed by atoms with E-state index in [9.17, 15) is 9.59 Å². The topological polar surface area (TPSA) is 58.6 Å². The Balaban J connectivity index is 2.76. The summed E-state index contributed by atoms with van der Waals surface area (Å²) in [5, 5.41) is 2.72. The largest absolute Gasteiger partial charge is 0.467 e. The number of nitrogens with one attached hydrogen (secondary N) is 1. The van der Waals surface area contributed by atoms with E-state index in [0.29, 0.717) is 5.56 Å². The van der Waals surface area contributed by atoms with Crippen molar-refractivity contribution in [3.8, 4) is 0 Å². The minimum absolute atomic E-state index is 0.0329. The average Bonchev–Trinajstić information content (AvgIpc) is 2.43. The Kier molecular flexibility index (Phi) is 6.37. The third-order valence-corrected chi connectivity index (χ3v) is 3.12. The summed E-state index contributed by atoms with van der Waals surface area (Å²) in [6.07, 6.45) is 0. The van der Waals surface area contributed by atoms with E-state index in [-0.39, 0.29) is 11.8 Å². The molecule has 1 aromatic carbocycles. The maximum Gasteiger partial charge on any atom is 0.328 e. The molecule has 116 valence electrons. The summed E-state index contributed by atoms with van der Waals surface area (Å²) < 4.78 is 4.71. The predicted octanol–water partition coefficient (Wildman–Crippen LogP) is 1.68. The Morgan fingerprint density at radius 3 is 2.19 bits per heavy atom. The summed E-state index contributed by atoms with van der Waals surface area (Å²) >= 11 is 0. The number of methoxy groups -OCH3 is 1. The standard InChI is InChI=1S/C16H24N2O3/c1-11(2)14(16(20)21-5)17-15(19)13-8-6-12(7-9-13)10-18(3)4/h6-9,11,14H,10H2,1-5H3,(H,17,19). The number of amides is 1. The zero-order chi connectivity index (χ0) is 16.0. The summed E-state index contributed by atoms with van der Waals surface area (Å²) in [7, 11) is 5.30. The first-order valence-corrected chi connectivity index (χ1v) is 6.97. The molecule has 0 aliphatic heterocycles. The zero-order valence-electron chi connectivity index (χ0n) is 13.3. The molecule has 1 amide bonds. The van der Waals surface area contributed by atoms with Gasteiger partial charge < -0.3 is 15.0 Å². The zero-order valence-corrected chi connectivity index (χ0v) is 13.3. The summed E-state index contributed by atoms with van der Waals surface area (Å²) in [5.74, 6) is -0.729. The fraction of sp³-hybridized carbons (Fsp3) is 0.500. The lowest BCUT2D eigenvalue weighted by atomic mass is 10.0. The third kappa shape index (κ3) is 5.19. The number of hydrogen-bond acceptors (Lipinski definition) is 4. The smallest absolute Gasteiger partial charge is 0.328 e. The van der Waals surface area contributed by atoms with Gasteiger partial charge in [-0.25, -0.2) is 4.79 Å². The van der Waals surface area contributed by atoms with Gasteiger partial charge in [0.25, 0.3) is 5.91 Å². The van der Waals surface area contributed by atoms with Crippen molar-refractivity contribution in [2.24, 2.45) is 5.92 Å². The number of benzene rings is 1. The number of ether oxygens (including phenoxy) is 1. The molecule has 5 nitrogen and oxygen atoms in total. The molecule has 0 spiro atoms. The molecular weight excluding hydrogens is 268 g/mol. The van der Waals surface area contributed by atoms with Crippen LogP contribution in [-0.2, 0) is 16.1 Å². The van der Waals surface area contributed by atoms with Gasteiger partial charge in [0.2, 0.25) is 0 Å². The molecule has 1 atom stereocenters. The molecule has 0 saturated heterocycles. The van der Waals surface area contributed by atoms with Crippen LogP contribution in [-0.4, -0.2) is 44.0 Å². The van der Waals surface area contributed by atoms with Crippen LogP contribution in [0.4, 0.5) is 0 Å². The highest BCUT2D eigenvalue weighted by molar-refractivity contribution is 5.96. The number of nitrogens with zero attached hydrogens (tertiary/aromatic N) is 1. The SMILES string of the molecule is COC(=O)C(NC(=O)c1ccc(CN(C)C)cc1)C(C)C. The molecule has 0 aromatic heterocycles. The van der Waals surface area contributed by atoms with Gasteiger partial charge in [-0.3, -0.25) is 4.79 Å². The van der Waals surface area contributed by atoms with Crippen LogP contribution in [0.25, 0.3) is 0 Å². The van der Waals surface area contributed by atoms with Crippen molar-refractivity contribution in [2.45, 2.75) is 26.4 Å². The minimum Gasteiger partial charge on any atom is -0.467 e. The summed E-state index contributed by atoms with van der Waals surface area (Å²) in [6, 6.07) is 6.73. The predicted molar refractivity (Wildman–Crippen MR) is 81.9 cm³/mol. The van der Waals surface area contributed by atoms with Gasteiger partial charge >= 0.3 is 5.97 Å². The average molecular weight is 292 g/mol. The molecule has 1 N–H and O–H groups in total. The number of carbonyl (C=O) groups is 2. The van der Waals surface area contributed by atoms with Crippen LogP contribution in [0, 0.1) is 5.92 Å². The second kappa shape index (κ2) is 7.78. The van der Waals surface area contributed by atoms with Crippen LogP contribution < -0.4 is 5.32 Å². The monoisotopic (exact) mass is 292 g/mol. The summed E-state index contributed by atoms with van der Waals surface area (Å²) in [4.78, 5) is 25.9. The fourth-order valence-electron chi connectivity index (χ4n) is 1.98. The van der Waals surface area contributed by atoms with E-state index in [1.54, 1.807) is 12.1 Å². The van der Waals surface area contributed by atoms with Crippen molar-refractivity contribution < 1.29 is 14.3 Å². The molecule has 0 bridgehead atoms. The van der Waals surface area contributed by atoms with Crippen LogP contribution in [0.15, 0.2) is 24.3 Å². The van der Waals surface area contributed by atoms with Crippen molar-refractivity contribution in [3.63, 3.8) is 0 Å². The Labute approximate surface area is 126 Å². The van der Waals surface area contributed by atoms with Crippen molar-refractivity contribution in [1.82, 2.24) is 10.2 Å². The van der Waals surface area contributed by atoms with E-state index in [4.69, 9.17) is 4.74 Å². The van der Waals surface area contributed by atoms with Crippen molar-refractivity contribution in [1.29, 1.82) is 0 Å². The maximum atomic E-state index is 12.2. The van der Waals surface area contributed by atoms with Crippen LogP contribution >= 0.6 is 0 Å². The fourth-order valence-corrected chi connectivity index (χ4v) is 1.98. The van der Waals surface area contributed by atoms with E-state index in [0.717, 1.165) is 12.1 Å². The van der Waals surface area contributed by atoms with Crippen molar-refractivity contribution in [2.75, 3.05) is 21.2 Å². The number of carbonyl (C=O) groups excluding carboxylic acids is 2. The van der Waals surface area contributed by atoms with Crippen LogP contribution in [0.5, 0.6) is 0 Å². The first-order chi connectivity index (χ1) is 9.85. The van der Waals surface area contributed by atoms with Gasteiger partial charge in [0, 0.05) is 12.1 Å². The highest BCUT2D eigenvalue weighted by Gasteiger charge is 2.25. The van der Waals surface area contributed by atoms with Gasteiger partial charge in [-0.2, -0.15) is 0 Å². The van der Waals surface area contributed by atoms with E-state index >= 15 is 0 Å². The lowest BCUT2D eigenvalue weighted by molar-refractivity contribution is -0.144. The maximum absolute atomic E-state index is 12.2.